The highest BCUT2D eigenvalue weighted by Crippen LogP contribution is 2.16. The molecule has 1 heterocycles. The van der Waals surface area contributed by atoms with Crippen molar-refractivity contribution in [1.82, 2.24) is 15.5 Å². The van der Waals surface area contributed by atoms with Crippen LogP contribution in [0.5, 0.6) is 0 Å². The first kappa shape index (κ1) is 20.5. The first-order valence-electron chi connectivity index (χ1n) is 9.36. The molecule has 0 spiro atoms. The van der Waals surface area contributed by atoms with Gasteiger partial charge in [-0.3, -0.25) is 4.79 Å². The molecule has 1 aromatic carbocycles. The second-order valence-electron chi connectivity index (χ2n) is 6.65. The molecule has 1 saturated heterocycles. The van der Waals surface area contributed by atoms with Crippen LogP contribution in [0.2, 0.25) is 5.02 Å². The van der Waals surface area contributed by atoms with Gasteiger partial charge in [-0.15, -0.1) is 0 Å². The first-order chi connectivity index (χ1) is 12.6. The summed E-state index contributed by atoms with van der Waals surface area (Å²) in [6, 6.07) is 7.75. The van der Waals surface area contributed by atoms with Gasteiger partial charge in [-0.1, -0.05) is 23.7 Å². The van der Waals surface area contributed by atoms with Gasteiger partial charge in [-0.2, -0.15) is 0 Å². The van der Waals surface area contributed by atoms with Crippen LogP contribution in [0.3, 0.4) is 0 Å². The molecule has 144 valence electrons. The highest BCUT2D eigenvalue weighted by molar-refractivity contribution is 6.30. The van der Waals surface area contributed by atoms with Gasteiger partial charge in [0.15, 0.2) is 5.96 Å². The fraction of sp³-hybridized carbons (Fsp3) is 0.579. The lowest BCUT2D eigenvalue weighted by Gasteiger charge is -2.31. The van der Waals surface area contributed by atoms with E-state index >= 15 is 0 Å². The molecule has 1 amide bonds. The summed E-state index contributed by atoms with van der Waals surface area (Å²) in [7, 11) is 0. The van der Waals surface area contributed by atoms with Gasteiger partial charge in [-0.05, 0) is 57.0 Å². The van der Waals surface area contributed by atoms with Gasteiger partial charge in [-0.25, -0.2) is 4.99 Å². The number of piperidine rings is 1. The number of nitrogens with zero attached hydrogens (tertiary/aromatic N) is 2. The summed E-state index contributed by atoms with van der Waals surface area (Å²) in [6.07, 6.45) is 2.96. The summed E-state index contributed by atoms with van der Waals surface area (Å²) in [5.74, 6) is 0.643. The summed E-state index contributed by atoms with van der Waals surface area (Å²) in [4.78, 5) is 18.3. The van der Waals surface area contributed by atoms with Crippen LogP contribution < -0.4 is 16.4 Å². The van der Waals surface area contributed by atoms with Crippen LogP contribution >= 0.6 is 11.6 Å². The number of aliphatic imine (C=N–C) groups is 1. The Labute approximate surface area is 161 Å². The number of nitrogens with one attached hydrogen (secondary N) is 2. The van der Waals surface area contributed by atoms with Crippen LogP contribution in [0.1, 0.15) is 31.7 Å². The third-order valence-corrected chi connectivity index (χ3v) is 4.74. The van der Waals surface area contributed by atoms with Crippen LogP contribution in [0.15, 0.2) is 29.3 Å². The van der Waals surface area contributed by atoms with Gasteiger partial charge in [0.1, 0.15) is 0 Å². The van der Waals surface area contributed by atoms with Gasteiger partial charge in [0, 0.05) is 24.7 Å². The molecule has 1 aromatic rings. The zero-order valence-corrected chi connectivity index (χ0v) is 16.3. The third-order valence-electron chi connectivity index (χ3n) is 4.50. The van der Waals surface area contributed by atoms with Crippen molar-refractivity contribution in [3.05, 3.63) is 34.9 Å². The molecule has 0 bridgehead atoms. The van der Waals surface area contributed by atoms with Crippen LogP contribution in [0.25, 0.3) is 0 Å². The van der Waals surface area contributed by atoms with Gasteiger partial charge < -0.3 is 21.3 Å². The summed E-state index contributed by atoms with van der Waals surface area (Å²) in [5, 5.41) is 7.35. The second kappa shape index (κ2) is 11.0. The van der Waals surface area contributed by atoms with Crippen LogP contribution in [-0.4, -0.2) is 49.5 Å². The van der Waals surface area contributed by atoms with Crippen molar-refractivity contribution in [1.29, 1.82) is 0 Å². The minimum Gasteiger partial charge on any atom is -0.369 e. The van der Waals surface area contributed by atoms with E-state index in [9.17, 15) is 4.79 Å². The van der Waals surface area contributed by atoms with Gasteiger partial charge in [0.2, 0.25) is 5.91 Å². The summed E-state index contributed by atoms with van der Waals surface area (Å²) in [5.41, 5.74) is 6.52. The number of carbonyl (C=O) groups is 1. The Morgan fingerprint density at radius 2 is 2.27 bits per heavy atom. The predicted molar refractivity (Wildman–Crippen MR) is 107 cm³/mol. The highest BCUT2D eigenvalue weighted by atomic mass is 35.5. The maximum atomic E-state index is 11.4. The number of hydrogen-bond donors (Lipinski definition) is 3. The molecule has 4 N–H and O–H groups in total. The Morgan fingerprint density at radius 1 is 1.42 bits per heavy atom. The Balaban J connectivity index is 1.74. The Kier molecular flexibility index (Phi) is 8.71. The van der Waals surface area contributed by atoms with Gasteiger partial charge >= 0.3 is 0 Å². The molecule has 26 heavy (non-hydrogen) atoms. The highest BCUT2D eigenvalue weighted by Gasteiger charge is 2.23. The maximum Gasteiger partial charge on any atom is 0.221 e. The molecule has 0 aromatic heterocycles. The summed E-state index contributed by atoms with van der Waals surface area (Å²) >= 11 is 6.01. The number of hydrogen-bond acceptors (Lipinski definition) is 3. The van der Waals surface area contributed by atoms with E-state index in [1.807, 2.05) is 31.2 Å². The van der Waals surface area contributed by atoms with Crippen LogP contribution in [-0.2, 0) is 11.3 Å². The lowest BCUT2D eigenvalue weighted by Crippen LogP contribution is -2.43. The van der Waals surface area contributed by atoms with E-state index in [-0.39, 0.29) is 11.8 Å². The molecule has 7 heteroatoms. The lowest BCUT2D eigenvalue weighted by atomic mass is 9.97. The predicted octanol–water partition coefficient (Wildman–Crippen LogP) is 1.98. The molecule has 0 radical (unpaired) electrons. The fourth-order valence-electron chi connectivity index (χ4n) is 3.15. The molecule has 1 aliphatic rings. The molecular weight excluding hydrogens is 350 g/mol. The standard InChI is InChI=1S/C19H30ClN5O/c1-2-22-19(24-13-15-6-3-8-17(20)12-15)23-9-5-11-25-10-4-7-16(14-25)18(21)26/h3,6,8,12,16H,2,4-5,7,9-11,13-14H2,1H3,(H2,21,26)(H2,22,23,24). The minimum absolute atomic E-state index is 0.00767. The first-order valence-corrected chi connectivity index (χ1v) is 9.74. The molecule has 1 unspecified atom stereocenters. The van der Waals surface area contributed by atoms with E-state index in [1.165, 1.54) is 0 Å². The van der Waals surface area contributed by atoms with Gasteiger partial charge in [0.25, 0.3) is 0 Å². The molecule has 1 fully saturated rings. The molecule has 0 saturated carbocycles. The van der Waals surface area contributed by atoms with Crippen molar-refractivity contribution >= 4 is 23.5 Å². The number of likely N-dealkylation sites (tertiary alicyclic amines) is 1. The number of rotatable bonds is 8. The van der Waals surface area contributed by atoms with E-state index in [4.69, 9.17) is 17.3 Å². The number of halogens is 1. The average molecular weight is 380 g/mol. The fourth-order valence-corrected chi connectivity index (χ4v) is 3.36. The maximum absolute atomic E-state index is 11.4. The Bertz CT molecular complexity index is 607. The topological polar surface area (TPSA) is 82.8 Å². The van der Waals surface area contributed by atoms with E-state index < -0.39 is 0 Å². The number of amides is 1. The van der Waals surface area contributed by atoms with E-state index in [2.05, 4.69) is 20.5 Å². The molecule has 1 atom stereocenters. The SMILES string of the molecule is CCNC(=NCc1cccc(Cl)c1)NCCCN1CCCC(C(N)=O)C1. The Morgan fingerprint density at radius 3 is 3.00 bits per heavy atom. The van der Waals surface area contributed by atoms with E-state index in [0.29, 0.717) is 6.54 Å². The zero-order valence-electron chi connectivity index (χ0n) is 15.5. The normalized spacial score (nSPS) is 18.5. The van der Waals surface area contributed by atoms with E-state index in [1.54, 1.807) is 0 Å². The molecule has 1 aliphatic heterocycles. The molecule has 2 rings (SSSR count). The number of carbonyl (C=O) groups excluding carboxylic acids is 1. The quantitative estimate of drug-likeness (QED) is 0.366. The van der Waals surface area contributed by atoms with Crippen molar-refractivity contribution in [2.45, 2.75) is 32.7 Å². The molecule has 6 nitrogen and oxygen atoms in total. The minimum atomic E-state index is -0.171. The number of nitrogens with two attached hydrogens (primary N) is 1. The van der Waals surface area contributed by atoms with Crippen LogP contribution in [0.4, 0.5) is 0 Å². The van der Waals surface area contributed by atoms with Crippen molar-refractivity contribution in [3.8, 4) is 0 Å². The number of guanidine groups is 1. The van der Waals surface area contributed by atoms with Crippen molar-refractivity contribution in [2.75, 3.05) is 32.7 Å². The number of primary amides is 1. The monoisotopic (exact) mass is 379 g/mol. The largest absolute Gasteiger partial charge is 0.369 e. The third kappa shape index (κ3) is 7.22. The molecule has 0 aliphatic carbocycles. The van der Waals surface area contributed by atoms with Crippen molar-refractivity contribution < 1.29 is 4.79 Å². The molecular formula is C19H30ClN5O. The zero-order chi connectivity index (χ0) is 18.8. The van der Waals surface area contributed by atoms with Crippen molar-refractivity contribution in [2.24, 2.45) is 16.6 Å². The van der Waals surface area contributed by atoms with E-state index in [0.717, 1.165) is 68.5 Å². The second-order valence-corrected chi connectivity index (χ2v) is 7.08. The van der Waals surface area contributed by atoms with Gasteiger partial charge in [0.05, 0.1) is 12.5 Å². The Hall–Kier alpha value is -1.79. The smallest absolute Gasteiger partial charge is 0.221 e. The summed E-state index contributed by atoms with van der Waals surface area (Å²) < 4.78 is 0. The van der Waals surface area contributed by atoms with Crippen molar-refractivity contribution in [3.63, 3.8) is 0 Å². The lowest BCUT2D eigenvalue weighted by molar-refractivity contribution is -0.123. The summed E-state index contributed by atoms with van der Waals surface area (Å²) in [6.45, 7) is 7.08. The number of benzene rings is 1. The van der Waals surface area contributed by atoms with Crippen LogP contribution in [0, 0.1) is 5.92 Å². The average Bonchev–Trinajstić information content (AvgIpc) is 2.63.